The lowest BCUT2D eigenvalue weighted by atomic mass is 10.4. The molecule has 0 unspecified atom stereocenters. The van der Waals surface area contributed by atoms with E-state index in [2.05, 4.69) is 10.4 Å². The third-order valence-electron chi connectivity index (χ3n) is 2.29. The third kappa shape index (κ3) is 4.54. The maximum Gasteiger partial charge on any atom is 0.230 e. The molecule has 0 atom stereocenters. The lowest BCUT2D eigenvalue weighted by Gasteiger charge is -2.04. The van der Waals surface area contributed by atoms with Crippen LogP contribution in [0.3, 0.4) is 0 Å². The second kappa shape index (κ2) is 7.23. The van der Waals surface area contributed by atoms with Gasteiger partial charge in [0, 0.05) is 25.5 Å². The molecule has 18 heavy (non-hydrogen) atoms. The molecule has 2 heterocycles. The molecule has 2 aromatic rings. The van der Waals surface area contributed by atoms with E-state index in [9.17, 15) is 4.79 Å². The van der Waals surface area contributed by atoms with Gasteiger partial charge in [0.1, 0.15) is 0 Å². The fourth-order valence-electron chi connectivity index (χ4n) is 1.43. The number of aryl methyl sites for hydroxylation is 1. The van der Waals surface area contributed by atoms with Crippen molar-refractivity contribution in [3.8, 4) is 0 Å². The normalized spacial score (nSPS) is 10.4. The number of nitrogens with one attached hydrogen (secondary N) is 1. The molecule has 2 rings (SSSR count). The number of hydrogen-bond donors (Lipinski definition) is 1. The van der Waals surface area contributed by atoms with E-state index in [1.165, 1.54) is 4.21 Å². The minimum absolute atomic E-state index is 0.0915. The summed E-state index contributed by atoms with van der Waals surface area (Å²) in [6, 6.07) is 5.92. The van der Waals surface area contributed by atoms with Gasteiger partial charge in [0.2, 0.25) is 5.91 Å². The smallest absolute Gasteiger partial charge is 0.230 e. The second-order valence-corrected chi connectivity index (χ2v) is 5.92. The first kappa shape index (κ1) is 13.2. The highest BCUT2D eigenvalue weighted by Gasteiger charge is 2.02. The molecular formula is C12H15N3OS2. The molecular weight excluding hydrogens is 266 g/mol. The summed E-state index contributed by atoms with van der Waals surface area (Å²) < 4.78 is 3.05. The Hall–Kier alpha value is -1.27. The second-order valence-electron chi connectivity index (χ2n) is 3.69. The molecule has 0 radical (unpaired) electrons. The molecule has 0 spiro atoms. The lowest BCUT2D eigenvalue weighted by Crippen LogP contribution is -2.26. The summed E-state index contributed by atoms with van der Waals surface area (Å²) in [5, 5.41) is 9.03. The number of carbonyl (C=O) groups excluding carboxylic acids is 1. The van der Waals surface area contributed by atoms with E-state index >= 15 is 0 Å². The summed E-state index contributed by atoms with van der Waals surface area (Å²) in [6.45, 7) is 1.54. The Morgan fingerprint density at radius 1 is 1.50 bits per heavy atom. The maximum atomic E-state index is 11.5. The first-order valence-electron chi connectivity index (χ1n) is 5.75. The minimum Gasteiger partial charge on any atom is -0.355 e. The van der Waals surface area contributed by atoms with E-state index in [-0.39, 0.29) is 5.91 Å². The number of thiophene rings is 1. The van der Waals surface area contributed by atoms with Crippen molar-refractivity contribution < 1.29 is 4.79 Å². The van der Waals surface area contributed by atoms with Gasteiger partial charge >= 0.3 is 0 Å². The van der Waals surface area contributed by atoms with E-state index in [1.54, 1.807) is 29.3 Å². The van der Waals surface area contributed by atoms with Gasteiger partial charge < -0.3 is 5.32 Å². The van der Waals surface area contributed by atoms with Crippen molar-refractivity contribution in [3.63, 3.8) is 0 Å². The molecule has 0 saturated heterocycles. The standard InChI is InChI=1S/C12H15N3OS2/c16-11(10-18-12-4-1-9-17-12)13-5-2-7-15-8-3-6-14-15/h1,3-4,6,8-9H,2,5,7,10H2,(H,13,16). The summed E-state index contributed by atoms with van der Waals surface area (Å²) in [5.41, 5.74) is 0. The molecule has 1 amide bonds. The molecule has 0 aliphatic heterocycles. The van der Waals surface area contributed by atoms with Crippen molar-refractivity contribution in [1.29, 1.82) is 0 Å². The van der Waals surface area contributed by atoms with Gasteiger partial charge in [-0.1, -0.05) is 6.07 Å². The summed E-state index contributed by atoms with van der Waals surface area (Å²) in [6.07, 6.45) is 4.59. The van der Waals surface area contributed by atoms with E-state index in [0.29, 0.717) is 12.3 Å². The first-order chi connectivity index (χ1) is 8.84. The van der Waals surface area contributed by atoms with Crippen molar-refractivity contribution in [2.75, 3.05) is 12.3 Å². The van der Waals surface area contributed by atoms with Crippen LogP contribution in [-0.4, -0.2) is 28.0 Å². The molecule has 0 aliphatic rings. The number of amides is 1. The number of rotatable bonds is 7. The maximum absolute atomic E-state index is 11.5. The lowest BCUT2D eigenvalue weighted by molar-refractivity contribution is -0.118. The number of carbonyl (C=O) groups is 1. The van der Waals surface area contributed by atoms with Gasteiger partial charge in [-0.05, 0) is 23.9 Å². The molecule has 0 fully saturated rings. The molecule has 1 N–H and O–H groups in total. The largest absolute Gasteiger partial charge is 0.355 e. The van der Waals surface area contributed by atoms with Gasteiger partial charge in [0.15, 0.2) is 0 Å². The highest BCUT2D eigenvalue weighted by atomic mass is 32.2. The van der Waals surface area contributed by atoms with Crippen molar-refractivity contribution in [1.82, 2.24) is 15.1 Å². The Morgan fingerprint density at radius 3 is 3.17 bits per heavy atom. The average Bonchev–Trinajstić information content (AvgIpc) is 3.04. The molecule has 4 nitrogen and oxygen atoms in total. The van der Waals surface area contributed by atoms with Crippen LogP contribution in [0.25, 0.3) is 0 Å². The summed E-state index contributed by atoms with van der Waals surface area (Å²) in [4.78, 5) is 11.5. The van der Waals surface area contributed by atoms with E-state index in [4.69, 9.17) is 0 Å². The number of thioether (sulfide) groups is 1. The zero-order valence-corrected chi connectivity index (χ0v) is 11.5. The van der Waals surface area contributed by atoms with Crippen LogP contribution in [-0.2, 0) is 11.3 Å². The average molecular weight is 281 g/mol. The fourth-order valence-corrected chi connectivity index (χ4v) is 3.05. The highest BCUT2D eigenvalue weighted by molar-refractivity contribution is 8.01. The molecule has 2 aromatic heterocycles. The highest BCUT2D eigenvalue weighted by Crippen LogP contribution is 2.22. The number of aromatic nitrogens is 2. The van der Waals surface area contributed by atoms with E-state index in [1.807, 2.05) is 34.5 Å². The van der Waals surface area contributed by atoms with Gasteiger partial charge in [-0.25, -0.2) is 0 Å². The van der Waals surface area contributed by atoms with Crippen LogP contribution in [0.4, 0.5) is 0 Å². The molecule has 6 heteroatoms. The van der Waals surface area contributed by atoms with E-state index in [0.717, 1.165) is 13.0 Å². The van der Waals surface area contributed by atoms with Gasteiger partial charge in [0.05, 0.1) is 9.96 Å². The molecule has 96 valence electrons. The predicted octanol–water partition coefficient (Wildman–Crippen LogP) is 2.24. The van der Waals surface area contributed by atoms with Crippen LogP contribution in [0.1, 0.15) is 6.42 Å². The van der Waals surface area contributed by atoms with Crippen LogP contribution in [0, 0.1) is 0 Å². The topological polar surface area (TPSA) is 46.9 Å². The van der Waals surface area contributed by atoms with Gasteiger partial charge in [-0.3, -0.25) is 9.48 Å². The van der Waals surface area contributed by atoms with Crippen molar-refractivity contribution in [2.45, 2.75) is 17.2 Å². The molecule has 0 bridgehead atoms. The Labute approximate surface area is 114 Å². The number of hydrogen-bond acceptors (Lipinski definition) is 4. The predicted molar refractivity (Wildman–Crippen MR) is 74.9 cm³/mol. The van der Waals surface area contributed by atoms with E-state index < -0.39 is 0 Å². The summed E-state index contributed by atoms with van der Waals surface area (Å²) >= 11 is 3.24. The Balaban J connectivity index is 1.55. The first-order valence-corrected chi connectivity index (χ1v) is 7.61. The van der Waals surface area contributed by atoms with Gasteiger partial charge in [0.25, 0.3) is 0 Å². The fraction of sp³-hybridized carbons (Fsp3) is 0.333. The zero-order chi connectivity index (χ0) is 12.6. The van der Waals surface area contributed by atoms with Gasteiger partial charge in [-0.15, -0.1) is 23.1 Å². The molecule has 0 aliphatic carbocycles. The van der Waals surface area contributed by atoms with Crippen molar-refractivity contribution >= 4 is 29.0 Å². The quantitative estimate of drug-likeness (QED) is 0.625. The van der Waals surface area contributed by atoms with Crippen molar-refractivity contribution in [3.05, 3.63) is 36.0 Å². The summed E-state index contributed by atoms with van der Waals surface area (Å²) in [5.74, 6) is 0.580. The SMILES string of the molecule is O=C(CSc1cccs1)NCCCn1cccn1. The monoisotopic (exact) mass is 281 g/mol. The number of nitrogens with zero attached hydrogens (tertiary/aromatic N) is 2. The van der Waals surface area contributed by atoms with Crippen molar-refractivity contribution in [2.24, 2.45) is 0 Å². The van der Waals surface area contributed by atoms with Crippen LogP contribution < -0.4 is 5.32 Å². The molecule has 0 saturated carbocycles. The Morgan fingerprint density at radius 2 is 2.44 bits per heavy atom. The Bertz CT molecular complexity index is 454. The van der Waals surface area contributed by atoms with Crippen LogP contribution in [0.5, 0.6) is 0 Å². The zero-order valence-electron chi connectivity index (χ0n) is 9.91. The molecule has 0 aromatic carbocycles. The summed E-state index contributed by atoms with van der Waals surface area (Å²) in [7, 11) is 0. The Kier molecular flexibility index (Phi) is 5.29. The minimum atomic E-state index is 0.0915. The van der Waals surface area contributed by atoms with Gasteiger partial charge in [-0.2, -0.15) is 5.10 Å². The van der Waals surface area contributed by atoms with Crippen LogP contribution in [0.2, 0.25) is 0 Å². The van der Waals surface area contributed by atoms with Crippen LogP contribution >= 0.6 is 23.1 Å². The third-order valence-corrected chi connectivity index (χ3v) is 4.42. The van der Waals surface area contributed by atoms with Crippen LogP contribution in [0.15, 0.2) is 40.2 Å².